The number of aromatic nitrogens is 1. The summed E-state index contributed by atoms with van der Waals surface area (Å²) < 4.78 is 5.07. The maximum absolute atomic E-state index is 11.4. The number of rotatable bonds is 1. The zero-order valence-electron chi connectivity index (χ0n) is 7.60. The minimum atomic E-state index is -0.261. The summed E-state index contributed by atoms with van der Waals surface area (Å²) in [6.45, 7) is 0. The van der Waals surface area contributed by atoms with Gasteiger partial charge < -0.3 is 4.42 Å². The minimum Gasteiger partial charge on any atom is -0.443 e. The number of benzene rings is 1. The molecule has 72 valence electrons. The smallest absolute Gasteiger partial charge is 0.267 e. The Hall–Kier alpha value is -1.88. The van der Waals surface area contributed by atoms with E-state index in [1.165, 1.54) is 13.4 Å². The number of nitrogens with two attached hydrogens (primary N) is 1. The molecule has 0 bridgehead atoms. The normalized spacial score (nSPS) is 10.4. The SMILES string of the molecule is CN(N)C(=O)c1ccc2ncoc2c1. The van der Waals surface area contributed by atoms with Crippen LogP contribution in [-0.2, 0) is 0 Å². The van der Waals surface area contributed by atoms with E-state index in [-0.39, 0.29) is 5.91 Å². The number of oxazole rings is 1. The molecule has 0 fully saturated rings. The lowest BCUT2D eigenvalue weighted by Crippen LogP contribution is -2.32. The van der Waals surface area contributed by atoms with Gasteiger partial charge in [-0.2, -0.15) is 0 Å². The Morgan fingerprint density at radius 1 is 1.57 bits per heavy atom. The monoisotopic (exact) mass is 191 g/mol. The Labute approximate surface area is 80.1 Å². The highest BCUT2D eigenvalue weighted by Gasteiger charge is 2.09. The average molecular weight is 191 g/mol. The number of hydrogen-bond donors (Lipinski definition) is 1. The molecular formula is C9H9N3O2. The number of amides is 1. The molecule has 1 aromatic heterocycles. The highest BCUT2D eigenvalue weighted by atomic mass is 16.3. The van der Waals surface area contributed by atoms with Crippen molar-refractivity contribution in [1.29, 1.82) is 0 Å². The van der Waals surface area contributed by atoms with Crippen molar-refractivity contribution in [2.75, 3.05) is 7.05 Å². The summed E-state index contributed by atoms with van der Waals surface area (Å²) in [7, 11) is 1.49. The van der Waals surface area contributed by atoms with Gasteiger partial charge in [0, 0.05) is 12.6 Å². The largest absolute Gasteiger partial charge is 0.443 e. The van der Waals surface area contributed by atoms with Crippen molar-refractivity contribution in [1.82, 2.24) is 9.99 Å². The van der Waals surface area contributed by atoms with E-state index in [1.54, 1.807) is 18.2 Å². The Balaban J connectivity index is 2.48. The van der Waals surface area contributed by atoms with Crippen LogP contribution < -0.4 is 5.84 Å². The Bertz CT molecular complexity index is 476. The number of carbonyl (C=O) groups excluding carboxylic acids is 1. The first-order chi connectivity index (χ1) is 6.68. The molecule has 0 aliphatic carbocycles. The quantitative estimate of drug-likeness (QED) is 0.410. The van der Waals surface area contributed by atoms with Crippen molar-refractivity contribution >= 4 is 17.0 Å². The second kappa shape index (κ2) is 3.12. The van der Waals surface area contributed by atoms with Crippen LogP contribution in [0.25, 0.3) is 11.1 Å². The standard InChI is InChI=1S/C9H9N3O2/c1-12(10)9(13)6-2-3-7-8(4-6)14-5-11-7/h2-5H,10H2,1H3. The van der Waals surface area contributed by atoms with Gasteiger partial charge in [-0.25, -0.2) is 10.8 Å². The van der Waals surface area contributed by atoms with Gasteiger partial charge in [-0.15, -0.1) is 0 Å². The zero-order chi connectivity index (χ0) is 10.1. The van der Waals surface area contributed by atoms with E-state index in [4.69, 9.17) is 10.3 Å². The molecule has 2 N–H and O–H groups in total. The predicted molar refractivity (Wildman–Crippen MR) is 50.3 cm³/mol. The first kappa shape index (κ1) is 8.71. The van der Waals surface area contributed by atoms with Gasteiger partial charge >= 0.3 is 0 Å². The molecule has 1 amide bonds. The average Bonchev–Trinajstić information content (AvgIpc) is 2.62. The van der Waals surface area contributed by atoms with Crippen LogP contribution in [0.5, 0.6) is 0 Å². The molecule has 14 heavy (non-hydrogen) atoms. The molecule has 5 nitrogen and oxygen atoms in total. The van der Waals surface area contributed by atoms with Gasteiger partial charge in [-0.3, -0.25) is 9.80 Å². The highest BCUT2D eigenvalue weighted by Crippen LogP contribution is 2.14. The van der Waals surface area contributed by atoms with Crippen molar-refractivity contribution < 1.29 is 9.21 Å². The molecule has 2 rings (SSSR count). The van der Waals surface area contributed by atoms with Crippen LogP contribution in [0.4, 0.5) is 0 Å². The molecule has 0 aliphatic rings. The lowest BCUT2D eigenvalue weighted by Gasteiger charge is -2.08. The van der Waals surface area contributed by atoms with E-state index in [2.05, 4.69) is 4.98 Å². The molecule has 1 aromatic carbocycles. The van der Waals surface area contributed by atoms with Gasteiger partial charge in [-0.1, -0.05) is 0 Å². The first-order valence-corrected chi connectivity index (χ1v) is 4.04. The number of hydrogen-bond acceptors (Lipinski definition) is 4. The molecule has 0 spiro atoms. The Morgan fingerprint density at radius 3 is 3.07 bits per heavy atom. The van der Waals surface area contributed by atoms with Gasteiger partial charge in [0.15, 0.2) is 12.0 Å². The molecule has 0 atom stereocenters. The fourth-order valence-electron chi connectivity index (χ4n) is 1.19. The topological polar surface area (TPSA) is 72.4 Å². The summed E-state index contributed by atoms with van der Waals surface area (Å²) in [4.78, 5) is 15.4. The molecule has 0 unspecified atom stereocenters. The first-order valence-electron chi connectivity index (χ1n) is 4.04. The number of carbonyl (C=O) groups is 1. The lowest BCUT2D eigenvalue weighted by molar-refractivity contribution is 0.0795. The van der Waals surface area contributed by atoms with Crippen LogP contribution in [0.3, 0.4) is 0 Å². The molecule has 5 heteroatoms. The lowest BCUT2D eigenvalue weighted by atomic mass is 10.2. The van der Waals surface area contributed by atoms with Crippen LogP contribution in [0, 0.1) is 0 Å². The Morgan fingerprint density at radius 2 is 2.36 bits per heavy atom. The highest BCUT2D eigenvalue weighted by molar-refractivity contribution is 5.96. The van der Waals surface area contributed by atoms with E-state index in [9.17, 15) is 4.79 Å². The number of hydrazine groups is 1. The molecule has 2 aromatic rings. The van der Waals surface area contributed by atoms with Crippen LogP contribution in [0.1, 0.15) is 10.4 Å². The summed E-state index contributed by atoms with van der Waals surface area (Å²) in [6, 6.07) is 5.00. The van der Waals surface area contributed by atoms with E-state index >= 15 is 0 Å². The maximum Gasteiger partial charge on any atom is 0.267 e. The zero-order valence-corrected chi connectivity index (χ0v) is 7.60. The van der Waals surface area contributed by atoms with Crippen molar-refractivity contribution in [3.63, 3.8) is 0 Å². The van der Waals surface area contributed by atoms with E-state index < -0.39 is 0 Å². The summed E-state index contributed by atoms with van der Waals surface area (Å²) in [6.07, 6.45) is 1.34. The summed E-state index contributed by atoms with van der Waals surface area (Å²) in [5.41, 5.74) is 1.79. The predicted octanol–water partition coefficient (Wildman–Crippen LogP) is 0.773. The molecule has 0 saturated carbocycles. The van der Waals surface area contributed by atoms with Gasteiger partial charge in [0.1, 0.15) is 5.52 Å². The van der Waals surface area contributed by atoms with Crippen LogP contribution >= 0.6 is 0 Å². The minimum absolute atomic E-state index is 0.261. The van der Waals surface area contributed by atoms with E-state index in [0.717, 1.165) is 10.5 Å². The van der Waals surface area contributed by atoms with Crippen LogP contribution in [0.2, 0.25) is 0 Å². The second-order valence-corrected chi connectivity index (χ2v) is 2.95. The van der Waals surface area contributed by atoms with Crippen LogP contribution in [-0.4, -0.2) is 22.9 Å². The van der Waals surface area contributed by atoms with E-state index in [1.807, 2.05) is 0 Å². The van der Waals surface area contributed by atoms with Gasteiger partial charge in [0.2, 0.25) is 0 Å². The second-order valence-electron chi connectivity index (χ2n) is 2.95. The van der Waals surface area contributed by atoms with Gasteiger partial charge in [0.05, 0.1) is 0 Å². The third-order valence-electron chi connectivity index (χ3n) is 1.90. The summed E-state index contributed by atoms with van der Waals surface area (Å²) in [5.74, 6) is 5.06. The summed E-state index contributed by atoms with van der Waals surface area (Å²) >= 11 is 0. The van der Waals surface area contributed by atoms with Crippen molar-refractivity contribution in [2.45, 2.75) is 0 Å². The van der Waals surface area contributed by atoms with Gasteiger partial charge in [-0.05, 0) is 18.2 Å². The molecule has 0 saturated heterocycles. The van der Waals surface area contributed by atoms with Gasteiger partial charge in [0.25, 0.3) is 5.91 Å². The summed E-state index contributed by atoms with van der Waals surface area (Å²) in [5, 5.41) is 1.03. The fourth-order valence-corrected chi connectivity index (χ4v) is 1.19. The Kier molecular flexibility index (Phi) is 1.94. The third-order valence-corrected chi connectivity index (χ3v) is 1.90. The van der Waals surface area contributed by atoms with Crippen LogP contribution in [0.15, 0.2) is 29.0 Å². The van der Waals surface area contributed by atoms with E-state index in [0.29, 0.717) is 11.1 Å². The van der Waals surface area contributed by atoms with Crippen molar-refractivity contribution in [3.8, 4) is 0 Å². The maximum atomic E-state index is 11.4. The fraction of sp³-hybridized carbons (Fsp3) is 0.111. The molecule has 0 aliphatic heterocycles. The number of fused-ring (bicyclic) bond motifs is 1. The molecule has 0 radical (unpaired) electrons. The van der Waals surface area contributed by atoms with Crippen molar-refractivity contribution in [2.24, 2.45) is 5.84 Å². The van der Waals surface area contributed by atoms with Crippen molar-refractivity contribution in [3.05, 3.63) is 30.2 Å². The molecule has 1 heterocycles. The molecular weight excluding hydrogens is 182 g/mol. The number of nitrogens with zero attached hydrogens (tertiary/aromatic N) is 2. The third kappa shape index (κ3) is 1.33.